The van der Waals surface area contributed by atoms with Crippen LogP contribution in [0.1, 0.15) is 45.8 Å². The number of carbonyl (C=O) groups is 4. The monoisotopic (exact) mass is 914 g/mol. The number of alkyl halides is 9. The molecule has 6 rings (SSSR count). The molecule has 0 saturated carbocycles. The highest BCUT2D eigenvalue weighted by molar-refractivity contribution is 6.32. The van der Waals surface area contributed by atoms with Crippen LogP contribution < -0.4 is 10.6 Å². The zero-order valence-electron chi connectivity index (χ0n) is 32.2. The van der Waals surface area contributed by atoms with Crippen LogP contribution in [-0.4, -0.2) is 114 Å². The van der Waals surface area contributed by atoms with E-state index in [2.05, 4.69) is 66.8 Å². The largest absolute Gasteiger partial charge is 0.490 e. The minimum absolute atomic E-state index is 0.0588. The molecule has 1 saturated heterocycles. The third-order valence-corrected chi connectivity index (χ3v) is 8.80. The fraction of sp³-hybridized carbons (Fsp3) is 0.389. The second-order valence-electron chi connectivity index (χ2n) is 13.3. The summed E-state index contributed by atoms with van der Waals surface area (Å²) >= 11 is 6.42. The van der Waals surface area contributed by atoms with Crippen LogP contribution in [0.15, 0.2) is 53.7 Å². The number of amides is 1. The molecule has 0 atom stereocenters. The van der Waals surface area contributed by atoms with E-state index in [0.717, 1.165) is 68.8 Å². The number of benzene rings is 1. The van der Waals surface area contributed by atoms with Crippen molar-refractivity contribution in [3.05, 3.63) is 82.4 Å². The van der Waals surface area contributed by atoms with Gasteiger partial charge in [-0.3, -0.25) is 9.78 Å². The van der Waals surface area contributed by atoms with Crippen molar-refractivity contribution in [3.8, 4) is 0 Å². The number of aliphatic carboxylic acids is 3. The zero-order valence-corrected chi connectivity index (χ0v) is 33.0. The van der Waals surface area contributed by atoms with Gasteiger partial charge in [-0.05, 0) is 80.5 Å². The van der Waals surface area contributed by atoms with Crippen molar-refractivity contribution in [2.45, 2.75) is 57.7 Å². The average molecular weight is 915 g/mol. The number of anilines is 4. The maximum Gasteiger partial charge on any atom is 0.490 e. The number of carboxylic acid groups (broad SMARTS) is 3. The number of aromatic nitrogens is 4. The van der Waals surface area contributed by atoms with Crippen LogP contribution in [0.2, 0.25) is 5.02 Å². The molecule has 5 N–H and O–H groups in total. The van der Waals surface area contributed by atoms with Crippen molar-refractivity contribution in [1.82, 2.24) is 29.7 Å². The molecule has 338 valence electrons. The molecule has 2 aliphatic heterocycles. The van der Waals surface area contributed by atoms with Gasteiger partial charge in [0.15, 0.2) is 12.2 Å². The Morgan fingerprint density at radius 1 is 0.839 bits per heavy atom. The van der Waals surface area contributed by atoms with Gasteiger partial charge in [-0.2, -0.15) is 44.5 Å². The molecule has 1 fully saturated rings. The molecule has 2 aliphatic rings. The molecule has 62 heavy (non-hydrogen) atoms. The smallest absolute Gasteiger partial charge is 0.475 e. The van der Waals surface area contributed by atoms with E-state index < -0.39 is 36.4 Å². The summed E-state index contributed by atoms with van der Waals surface area (Å²) in [5.74, 6) is -6.44. The Hall–Kier alpha value is -6.24. The first-order chi connectivity index (χ1) is 28.7. The van der Waals surface area contributed by atoms with Crippen molar-refractivity contribution < 1.29 is 78.4 Å². The predicted molar refractivity (Wildman–Crippen MR) is 199 cm³/mol. The molecule has 3 aromatic heterocycles. The van der Waals surface area contributed by atoms with Crippen molar-refractivity contribution in [2.24, 2.45) is 5.92 Å². The molecule has 0 radical (unpaired) electrons. The first-order valence-corrected chi connectivity index (χ1v) is 18.0. The van der Waals surface area contributed by atoms with Gasteiger partial charge < -0.3 is 40.2 Å². The zero-order chi connectivity index (χ0) is 46.6. The molecule has 16 nitrogen and oxygen atoms in total. The Morgan fingerprint density at radius 2 is 1.42 bits per heavy atom. The molecule has 1 amide bonds. The summed E-state index contributed by atoms with van der Waals surface area (Å²) in [6, 6.07) is 8.55. The van der Waals surface area contributed by atoms with E-state index in [1.807, 2.05) is 11.1 Å². The Bertz CT molecular complexity index is 2120. The number of hydrogen-bond donors (Lipinski definition) is 5. The van der Waals surface area contributed by atoms with Crippen molar-refractivity contribution >= 4 is 58.6 Å². The lowest BCUT2D eigenvalue weighted by atomic mass is 9.95. The van der Waals surface area contributed by atoms with E-state index >= 15 is 0 Å². The van der Waals surface area contributed by atoms with Gasteiger partial charge in [-0.15, -0.1) is 0 Å². The second-order valence-corrected chi connectivity index (χ2v) is 13.7. The number of halogens is 10. The Balaban J connectivity index is 0.000000403. The third kappa shape index (κ3) is 16.0. The second kappa shape index (κ2) is 21.5. The minimum atomic E-state index is -5.08. The molecule has 26 heteroatoms. The normalized spacial score (nSPS) is 14.0. The van der Waals surface area contributed by atoms with Crippen molar-refractivity contribution in [3.63, 3.8) is 0 Å². The van der Waals surface area contributed by atoms with E-state index in [1.165, 1.54) is 17.5 Å². The molecular weight excluding hydrogens is 879 g/mol. The molecule has 0 spiro atoms. The van der Waals surface area contributed by atoms with E-state index in [4.69, 9.17) is 45.7 Å². The lowest BCUT2D eigenvalue weighted by Crippen LogP contribution is -2.41. The number of rotatable bonds is 5. The SMILES string of the molecule is Cc1ncoc1C(=O)N1CCC(CN(C)Cc2ccc3cc2CCc2cncc(c2)Nc2ncc(Cl)c(n2)N3)CC1.O=C(O)C(F)(F)F.O=C(O)C(F)(F)F.O=C(O)C(F)(F)F. The standard InChI is InChI=1S/C30H33ClN8O2.3C2HF3O2/c1-19-27(41-18-34-19)29(40)39-9-7-20(8-10-39)16-38(2)17-23-5-6-24-12-22(23)4-3-21-11-25(14-32-13-21)36-30-33-15-26(31)28(35-24)37-30;3*3-2(4,5)1(6)7/h5-6,11-15,18,20H,3-4,7-10,16-17H2,1-2H3,(H2,33,35,36,37);3*(H,6,7). The van der Waals surface area contributed by atoms with Crippen LogP contribution in [0.4, 0.5) is 62.7 Å². The first kappa shape index (κ1) is 50.1. The maximum absolute atomic E-state index is 12.8. The van der Waals surface area contributed by atoms with Gasteiger partial charge in [0.05, 0.1) is 23.8 Å². The molecule has 0 unspecified atom stereocenters. The Kier molecular flexibility index (Phi) is 17.4. The molecule has 1 aromatic carbocycles. The van der Waals surface area contributed by atoms with Gasteiger partial charge in [0.25, 0.3) is 5.91 Å². The van der Waals surface area contributed by atoms with Crippen LogP contribution in [0.5, 0.6) is 0 Å². The van der Waals surface area contributed by atoms with Gasteiger partial charge in [-0.1, -0.05) is 17.7 Å². The molecule has 4 aromatic rings. The van der Waals surface area contributed by atoms with Crippen LogP contribution >= 0.6 is 11.6 Å². The summed E-state index contributed by atoms with van der Waals surface area (Å²) in [7, 11) is 2.18. The van der Waals surface area contributed by atoms with E-state index in [-0.39, 0.29) is 5.91 Å². The number of likely N-dealkylation sites (tertiary alicyclic amines) is 1. The van der Waals surface area contributed by atoms with Gasteiger partial charge in [0, 0.05) is 38.1 Å². The van der Waals surface area contributed by atoms with Crippen molar-refractivity contribution in [2.75, 3.05) is 37.3 Å². The number of hydrogen-bond acceptors (Lipinski definition) is 12. The van der Waals surface area contributed by atoms with Crippen molar-refractivity contribution in [1.29, 1.82) is 0 Å². The first-order valence-electron chi connectivity index (χ1n) is 17.6. The number of carboxylic acids is 3. The number of nitrogens with one attached hydrogen (secondary N) is 2. The Labute approximate surface area is 349 Å². The average Bonchev–Trinajstić information content (AvgIpc) is 3.61. The minimum Gasteiger partial charge on any atom is -0.475 e. The summed E-state index contributed by atoms with van der Waals surface area (Å²) in [4.78, 5) is 61.1. The highest BCUT2D eigenvalue weighted by Gasteiger charge is 2.39. The van der Waals surface area contributed by atoms with E-state index in [1.54, 1.807) is 19.3 Å². The van der Waals surface area contributed by atoms with E-state index in [9.17, 15) is 44.3 Å². The quantitative estimate of drug-likeness (QED) is 0.124. The molecule has 0 aliphatic carbocycles. The lowest BCUT2D eigenvalue weighted by Gasteiger charge is -2.33. The number of nitrogens with zero attached hydrogens (tertiary/aromatic N) is 6. The van der Waals surface area contributed by atoms with Gasteiger partial charge >= 0.3 is 36.4 Å². The van der Waals surface area contributed by atoms with Gasteiger partial charge in [0.1, 0.15) is 5.02 Å². The number of oxazole rings is 1. The maximum atomic E-state index is 12.8. The fourth-order valence-corrected chi connectivity index (χ4v) is 5.75. The summed E-state index contributed by atoms with van der Waals surface area (Å²) in [5, 5.41) is 28.4. The van der Waals surface area contributed by atoms with Gasteiger partial charge in [-0.25, -0.2) is 24.4 Å². The highest BCUT2D eigenvalue weighted by atomic mass is 35.5. The number of aryl methyl sites for hydroxylation is 3. The number of pyridine rings is 1. The summed E-state index contributed by atoms with van der Waals surface area (Å²) in [6.45, 7) is 5.08. The van der Waals surface area contributed by atoms with Crippen LogP contribution in [0.25, 0.3) is 0 Å². The summed E-state index contributed by atoms with van der Waals surface area (Å²) in [6.07, 6.45) is -4.96. The summed E-state index contributed by atoms with van der Waals surface area (Å²) in [5.41, 5.74) is 6.12. The number of fused-ring (bicyclic) bond motifs is 6. The Morgan fingerprint density at radius 3 is 1.95 bits per heavy atom. The van der Waals surface area contributed by atoms with Gasteiger partial charge in [0.2, 0.25) is 11.7 Å². The van der Waals surface area contributed by atoms with Crippen LogP contribution in [-0.2, 0) is 33.8 Å². The molecule has 5 heterocycles. The lowest BCUT2D eigenvalue weighted by molar-refractivity contribution is -0.193. The highest BCUT2D eigenvalue weighted by Crippen LogP contribution is 2.29. The number of piperidine rings is 1. The van der Waals surface area contributed by atoms with Crippen LogP contribution in [0, 0.1) is 12.8 Å². The van der Waals surface area contributed by atoms with E-state index in [0.29, 0.717) is 34.2 Å². The topological polar surface area (TPSA) is 224 Å². The molecular formula is C36H36ClF9N8O8. The fourth-order valence-electron chi connectivity index (χ4n) is 5.61. The summed E-state index contributed by atoms with van der Waals surface area (Å²) < 4.78 is 101. The third-order valence-electron chi connectivity index (χ3n) is 8.53. The molecule has 6 bridgehead atoms. The number of carbonyl (C=O) groups excluding carboxylic acids is 1. The predicted octanol–water partition coefficient (Wildman–Crippen LogP) is 7.29. The van der Waals surface area contributed by atoms with Crippen LogP contribution in [0.3, 0.4) is 0 Å².